The Hall–Kier alpha value is -6.68. The van der Waals surface area contributed by atoms with Gasteiger partial charge in [0, 0.05) is 42.3 Å². The van der Waals surface area contributed by atoms with Crippen molar-refractivity contribution in [3.05, 3.63) is 188 Å². The second-order valence-corrected chi connectivity index (χ2v) is 14.7. The fourth-order valence-electron chi connectivity index (χ4n) is 8.18. The van der Waals surface area contributed by atoms with Gasteiger partial charge in [0.05, 0.1) is 5.69 Å². The molecule has 2 nitrogen and oxygen atoms in total. The molecule has 11 aromatic rings. The van der Waals surface area contributed by atoms with Gasteiger partial charge in [-0.1, -0.05) is 146 Å². The van der Waals surface area contributed by atoms with Gasteiger partial charge < -0.3 is 9.32 Å². The highest BCUT2D eigenvalue weighted by Gasteiger charge is 2.21. The topological polar surface area (TPSA) is 16.4 Å². The molecule has 0 bridgehead atoms. The highest BCUT2D eigenvalue weighted by Crippen LogP contribution is 2.46. The number of nitrogens with zero attached hydrogens (tertiary/aromatic N) is 1. The maximum atomic E-state index is 6.77. The highest BCUT2D eigenvalue weighted by atomic mass is 32.1. The molecule has 11 rings (SSSR count). The molecule has 0 aliphatic carbocycles. The number of anilines is 3. The molecular weight excluding hydrogens is 663 g/mol. The second kappa shape index (κ2) is 11.9. The Balaban J connectivity index is 1.08. The van der Waals surface area contributed by atoms with Gasteiger partial charge >= 0.3 is 0 Å². The number of hydrogen-bond acceptors (Lipinski definition) is 3. The lowest BCUT2D eigenvalue weighted by Gasteiger charge is -2.26. The van der Waals surface area contributed by atoms with Crippen molar-refractivity contribution >= 4 is 92.1 Å². The van der Waals surface area contributed by atoms with Gasteiger partial charge in [-0.25, -0.2) is 0 Å². The normalized spacial score (nSPS) is 11.8. The van der Waals surface area contributed by atoms with E-state index >= 15 is 0 Å². The zero-order valence-corrected chi connectivity index (χ0v) is 29.5. The Morgan fingerprint density at radius 3 is 1.74 bits per heavy atom. The van der Waals surface area contributed by atoms with Gasteiger partial charge in [0.25, 0.3) is 0 Å². The van der Waals surface area contributed by atoms with E-state index in [4.69, 9.17) is 4.42 Å². The maximum absolute atomic E-state index is 6.77. The van der Waals surface area contributed by atoms with Crippen molar-refractivity contribution in [2.75, 3.05) is 4.90 Å². The summed E-state index contributed by atoms with van der Waals surface area (Å²) in [6.45, 7) is 0. The van der Waals surface area contributed by atoms with E-state index < -0.39 is 0 Å². The molecule has 0 aliphatic heterocycles. The fourth-order valence-corrected chi connectivity index (χ4v) is 9.43. The minimum Gasteiger partial charge on any atom is -0.454 e. The summed E-state index contributed by atoms with van der Waals surface area (Å²) in [5.41, 5.74) is 9.73. The Morgan fingerprint density at radius 1 is 0.396 bits per heavy atom. The van der Waals surface area contributed by atoms with Gasteiger partial charge in [-0.3, -0.25) is 0 Å². The third-order valence-electron chi connectivity index (χ3n) is 10.7. The molecule has 3 heteroatoms. The zero-order valence-electron chi connectivity index (χ0n) is 28.7. The zero-order chi connectivity index (χ0) is 34.9. The third-order valence-corrected chi connectivity index (χ3v) is 11.9. The molecule has 0 unspecified atom stereocenters. The summed E-state index contributed by atoms with van der Waals surface area (Å²) >= 11 is 1.88. The van der Waals surface area contributed by atoms with Crippen LogP contribution in [0.2, 0.25) is 0 Å². The lowest BCUT2D eigenvalue weighted by molar-refractivity contribution is 0.669. The molecule has 248 valence electrons. The van der Waals surface area contributed by atoms with Crippen molar-refractivity contribution in [2.24, 2.45) is 0 Å². The smallest absolute Gasteiger partial charge is 0.159 e. The summed E-state index contributed by atoms with van der Waals surface area (Å²) < 4.78 is 9.41. The predicted molar refractivity (Wildman–Crippen MR) is 227 cm³/mol. The Kier molecular flexibility index (Phi) is 6.76. The minimum atomic E-state index is 0.873. The van der Waals surface area contributed by atoms with Crippen LogP contribution in [0.5, 0.6) is 0 Å². The molecule has 0 radical (unpaired) electrons. The fraction of sp³-hybridized carbons (Fsp3) is 0. The second-order valence-electron chi connectivity index (χ2n) is 13.7. The first-order valence-electron chi connectivity index (χ1n) is 18.0. The van der Waals surface area contributed by atoms with Crippen LogP contribution in [0.15, 0.2) is 192 Å². The van der Waals surface area contributed by atoms with Gasteiger partial charge in [0.1, 0.15) is 5.58 Å². The number of furan rings is 1. The molecule has 0 spiro atoms. The molecule has 0 amide bonds. The van der Waals surface area contributed by atoms with Gasteiger partial charge in [0.2, 0.25) is 0 Å². The molecule has 0 atom stereocenters. The van der Waals surface area contributed by atoms with Crippen LogP contribution in [0.1, 0.15) is 0 Å². The van der Waals surface area contributed by atoms with Crippen molar-refractivity contribution in [1.29, 1.82) is 0 Å². The first-order chi connectivity index (χ1) is 26.3. The number of thiophene rings is 1. The van der Waals surface area contributed by atoms with Crippen LogP contribution in [0, 0.1) is 0 Å². The van der Waals surface area contributed by atoms with Gasteiger partial charge in [-0.2, -0.15) is 0 Å². The predicted octanol–water partition coefficient (Wildman–Crippen LogP) is 15.1. The lowest BCUT2D eigenvalue weighted by Crippen LogP contribution is -2.10. The van der Waals surface area contributed by atoms with E-state index in [0.717, 1.165) is 39.0 Å². The van der Waals surface area contributed by atoms with E-state index in [1.807, 2.05) is 11.3 Å². The molecule has 2 heterocycles. The van der Waals surface area contributed by atoms with E-state index in [-0.39, 0.29) is 0 Å². The first kappa shape index (κ1) is 30.0. The van der Waals surface area contributed by atoms with Crippen LogP contribution in [0.3, 0.4) is 0 Å². The summed E-state index contributed by atoms with van der Waals surface area (Å²) in [6, 6.07) is 67.7. The Bertz CT molecular complexity index is 3150. The SMILES string of the molecule is c1ccc(-c2ccc(N(c3ccc(-c4cccc5c4sc4ccc6ccccc6c45)cc3)c3cccc4c3oc3ccc5ccccc5c34)cc2)cc1. The lowest BCUT2D eigenvalue weighted by atomic mass is 9.99. The largest absolute Gasteiger partial charge is 0.454 e. The molecule has 9 aromatic carbocycles. The van der Waals surface area contributed by atoms with E-state index in [1.165, 1.54) is 64.0 Å². The summed E-state index contributed by atoms with van der Waals surface area (Å²) in [4.78, 5) is 2.33. The number of benzene rings is 9. The molecule has 2 aromatic heterocycles. The van der Waals surface area contributed by atoms with Crippen LogP contribution in [-0.4, -0.2) is 0 Å². The van der Waals surface area contributed by atoms with Crippen LogP contribution in [0.25, 0.3) is 85.9 Å². The van der Waals surface area contributed by atoms with Crippen molar-refractivity contribution in [2.45, 2.75) is 0 Å². The van der Waals surface area contributed by atoms with Gasteiger partial charge in [-0.05, 0) is 86.3 Å². The van der Waals surface area contributed by atoms with Crippen LogP contribution >= 0.6 is 11.3 Å². The third kappa shape index (κ3) is 4.78. The van der Waals surface area contributed by atoms with E-state index in [0.29, 0.717) is 0 Å². The average molecular weight is 694 g/mol. The van der Waals surface area contributed by atoms with E-state index in [9.17, 15) is 0 Å². The van der Waals surface area contributed by atoms with E-state index in [1.54, 1.807) is 0 Å². The number of rotatable bonds is 5. The Morgan fingerprint density at radius 2 is 0.981 bits per heavy atom. The summed E-state index contributed by atoms with van der Waals surface area (Å²) in [5.74, 6) is 0. The van der Waals surface area contributed by atoms with Crippen LogP contribution in [0.4, 0.5) is 17.1 Å². The molecule has 53 heavy (non-hydrogen) atoms. The molecular formula is C50H31NOS. The monoisotopic (exact) mass is 693 g/mol. The van der Waals surface area contributed by atoms with Crippen molar-refractivity contribution in [3.63, 3.8) is 0 Å². The summed E-state index contributed by atoms with van der Waals surface area (Å²) in [6.07, 6.45) is 0. The van der Waals surface area contributed by atoms with Gasteiger partial charge in [-0.15, -0.1) is 11.3 Å². The molecule has 0 aliphatic rings. The van der Waals surface area contributed by atoms with E-state index in [2.05, 4.69) is 193 Å². The number of fused-ring (bicyclic) bond motifs is 10. The quantitative estimate of drug-likeness (QED) is 0.178. The van der Waals surface area contributed by atoms with Crippen LogP contribution < -0.4 is 4.90 Å². The number of para-hydroxylation sites is 1. The maximum Gasteiger partial charge on any atom is 0.159 e. The minimum absolute atomic E-state index is 0.873. The van der Waals surface area contributed by atoms with Crippen LogP contribution in [-0.2, 0) is 0 Å². The molecule has 0 saturated heterocycles. The molecule has 0 fully saturated rings. The average Bonchev–Trinajstić information content (AvgIpc) is 3.82. The Labute approximate surface area is 310 Å². The van der Waals surface area contributed by atoms with Gasteiger partial charge in [0.15, 0.2) is 5.58 Å². The molecule has 0 saturated carbocycles. The highest BCUT2D eigenvalue weighted by molar-refractivity contribution is 7.26. The standard InChI is InChI=1S/C50H31NOS/c1-2-10-32(11-3-1)33-20-26-37(27-21-33)51(44-19-9-17-42-47-39-14-6-4-12-34(39)24-30-45(47)52-49(42)44)38-28-22-36(23-29-38)41-16-8-18-43-48-40-15-7-5-13-35(40)25-31-46(48)53-50(41)43/h1-31H. The van der Waals surface area contributed by atoms with Crippen molar-refractivity contribution in [3.8, 4) is 22.3 Å². The first-order valence-corrected chi connectivity index (χ1v) is 18.8. The summed E-state index contributed by atoms with van der Waals surface area (Å²) in [7, 11) is 0. The van der Waals surface area contributed by atoms with Crippen molar-refractivity contribution in [1.82, 2.24) is 0 Å². The number of hydrogen-bond donors (Lipinski definition) is 0. The van der Waals surface area contributed by atoms with Crippen molar-refractivity contribution < 1.29 is 4.42 Å². The summed E-state index contributed by atoms with van der Waals surface area (Å²) in [5, 5.41) is 9.92. The molecule has 0 N–H and O–H groups in total.